The average molecular weight is 286 g/mol. The van der Waals surface area contributed by atoms with Gasteiger partial charge in [0.05, 0.1) is 0 Å². The third kappa shape index (κ3) is 3.18. The second kappa shape index (κ2) is 5.94. The van der Waals surface area contributed by atoms with E-state index in [1.807, 2.05) is 24.0 Å². The van der Waals surface area contributed by atoms with Gasteiger partial charge in [0.2, 0.25) is 0 Å². The second-order valence-electron chi connectivity index (χ2n) is 4.91. The van der Waals surface area contributed by atoms with Crippen LogP contribution in [0.1, 0.15) is 28.8 Å². The lowest BCUT2D eigenvalue weighted by Crippen LogP contribution is -2.38. The Labute approximate surface area is 118 Å². The molecule has 1 amide bonds. The molecule has 0 unspecified atom stereocenters. The molecule has 1 fully saturated rings. The van der Waals surface area contributed by atoms with Crippen LogP contribution in [0.3, 0.4) is 0 Å². The quantitative estimate of drug-likeness (QED) is 0.758. The minimum Gasteiger partial charge on any atom is -0.339 e. The summed E-state index contributed by atoms with van der Waals surface area (Å²) in [6.07, 6.45) is 1.99. The average Bonchev–Trinajstić information content (AvgIpc) is 2.37. The number of benzene rings is 1. The summed E-state index contributed by atoms with van der Waals surface area (Å²) in [6.45, 7) is 3.53. The fourth-order valence-electron chi connectivity index (χ4n) is 2.33. The van der Waals surface area contributed by atoms with E-state index in [9.17, 15) is 4.79 Å². The molecule has 1 aromatic carbocycles. The van der Waals surface area contributed by atoms with Gasteiger partial charge in [-0.1, -0.05) is 11.6 Å². The number of nitrogens with zero attached hydrogens (tertiary/aromatic N) is 1. The summed E-state index contributed by atoms with van der Waals surface area (Å²) in [4.78, 5) is 14.2. The Morgan fingerprint density at radius 2 is 2.00 bits per heavy atom. The van der Waals surface area contributed by atoms with Crippen LogP contribution in [0.5, 0.6) is 0 Å². The van der Waals surface area contributed by atoms with Crippen molar-refractivity contribution < 1.29 is 4.79 Å². The first kappa shape index (κ1) is 13.7. The van der Waals surface area contributed by atoms with E-state index in [0.717, 1.165) is 31.5 Å². The van der Waals surface area contributed by atoms with E-state index in [1.165, 1.54) is 0 Å². The minimum atomic E-state index is 0.0774. The van der Waals surface area contributed by atoms with Gasteiger partial charge in [-0.2, -0.15) is 0 Å². The first-order valence-electron chi connectivity index (χ1n) is 6.22. The molecule has 1 saturated heterocycles. The Morgan fingerprint density at radius 3 is 2.56 bits per heavy atom. The number of alkyl halides is 1. The Balaban J connectivity index is 2.07. The maximum Gasteiger partial charge on any atom is 0.253 e. The van der Waals surface area contributed by atoms with E-state index in [0.29, 0.717) is 22.4 Å². The number of amides is 1. The molecule has 0 aromatic heterocycles. The van der Waals surface area contributed by atoms with Crippen molar-refractivity contribution in [3.63, 3.8) is 0 Å². The monoisotopic (exact) mass is 285 g/mol. The summed E-state index contributed by atoms with van der Waals surface area (Å²) in [6, 6.07) is 5.49. The number of hydrogen-bond acceptors (Lipinski definition) is 1. The molecule has 98 valence electrons. The fraction of sp³-hybridized carbons (Fsp3) is 0.500. The number of likely N-dealkylation sites (tertiary alicyclic amines) is 1. The summed E-state index contributed by atoms with van der Waals surface area (Å²) < 4.78 is 0. The van der Waals surface area contributed by atoms with E-state index in [4.69, 9.17) is 23.2 Å². The molecule has 18 heavy (non-hydrogen) atoms. The Hall–Kier alpha value is -0.730. The van der Waals surface area contributed by atoms with Crippen LogP contribution in [0.25, 0.3) is 0 Å². The van der Waals surface area contributed by atoms with E-state index >= 15 is 0 Å². The number of carbonyl (C=O) groups is 1. The molecule has 1 aromatic rings. The minimum absolute atomic E-state index is 0.0774. The molecule has 0 bridgehead atoms. The SMILES string of the molecule is Cc1cc(Cl)cc(C(=O)N2CCC(CCl)CC2)c1. The van der Waals surface area contributed by atoms with Gasteiger partial charge in [0, 0.05) is 29.6 Å². The molecule has 0 atom stereocenters. The first-order chi connectivity index (χ1) is 8.60. The van der Waals surface area contributed by atoms with E-state index < -0.39 is 0 Å². The molecule has 1 aliphatic heterocycles. The van der Waals surface area contributed by atoms with Gasteiger partial charge in [-0.25, -0.2) is 0 Å². The Bertz CT molecular complexity index is 419. The lowest BCUT2D eigenvalue weighted by Gasteiger charge is -2.31. The molecule has 0 N–H and O–H groups in total. The first-order valence-corrected chi connectivity index (χ1v) is 7.14. The van der Waals surface area contributed by atoms with Crippen LogP contribution in [0.2, 0.25) is 5.02 Å². The molecule has 4 heteroatoms. The van der Waals surface area contributed by atoms with Crippen LogP contribution in [-0.4, -0.2) is 29.8 Å². The highest BCUT2D eigenvalue weighted by molar-refractivity contribution is 6.31. The smallest absolute Gasteiger partial charge is 0.253 e. The van der Waals surface area contributed by atoms with Crippen molar-refractivity contribution in [3.8, 4) is 0 Å². The number of aryl methyl sites for hydroxylation is 1. The number of carbonyl (C=O) groups excluding carboxylic acids is 1. The maximum absolute atomic E-state index is 12.3. The van der Waals surface area contributed by atoms with Crippen LogP contribution in [0.4, 0.5) is 0 Å². The predicted molar refractivity (Wildman–Crippen MR) is 75.5 cm³/mol. The van der Waals surface area contributed by atoms with Gasteiger partial charge in [0.25, 0.3) is 5.91 Å². The molecule has 1 heterocycles. The van der Waals surface area contributed by atoms with E-state index in [-0.39, 0.29) is 5.91 Å². The molecule has 2 nitrogen and oxygen atoms in total. The van der Waals surface area contributed by atoms with Gasteiger partial charge >= 0.3 is 0 Å². The summed E-state index contributed by atoms with van der Waals surface area (Å²) in [7, 11) is 0. The van der Waals surface area contributed by atoms with Gasteiger partial charge in [0.1, 0.15) is 0 Å². The van der Waals surface area contributed by atoms with Crippen LogP contribution in [-0.2, 0) is 0 Å². The summed E-state index contributed by atoms with van der Waals surface area (Å²) in [5.74, 6) is 1.32. The molecular formula is C14H17Cl2NO. The van der Waals surface area contributed by atoms with Crippen molar-refractivity contribution in [2.75, 3.05) is 19.0 Å². The van der Waals surface area contributed by atoms with Crippen molar-refractivity contribution in [2.24, 2.45) is 5.92 Å². The van der Waals surface area contributed by atoms with Gasteiger partial charge in [0.15, 0.2) is 0 Å². The van der Waals surface area contributed by atoms with Gasteiger partial charge < -0.3 is 4.90 Å². The molecule has 2 rings (SSSR count). The molecule has 0 saturated carbocycles. The number of piperidine rings is 1. The van der Waals surface area contributed by atoms with Crippen molar-refractivity contribution in [1.82, 2.24) is 4.90 Å². The van der Waals surface area contributed by atoms with Crippen LogP contribution in [0.15, 0.2) is 18.2 Å². The van der Waals surface area contributed by atoms with Gasteiger partial charge in [-0.15, -0.1) is 11.6 Å². The number of hydrogen-bond donors (Lipinski definition) is 0. The highest BCUT2D eigenvalue weighted by atomic mass is 35.5. The zero-order chi connectivity index (χ0) is 13.1. The zero-order valence-corrected chi connectivity index (χ0v) is 12.0. The van der Waals surface area contributed by atoms with Crippen molar-refractivity contribution in [1.29, 1.82) is 0 Å². The zero-order valence-electron chi connectivity index (χ0n) is 10.5. The molecule has 1 aliphatic rings. The molecule has 0 aliphatic carbocycles. The second-order valence-corrected chi connectivity index (χ2v) is 5.65. The highest BCUT2D eigenvalue weighted by Gasteiger charge is 2.23. The molecule has 0 spiro atoms. The van der Waals surface area contributed by atoms with E-state index in [2.05, 4.69) is 0 Å². The van der Waals surface area contributed by atoms with E-state index in [1.54, 1.807) is 6.07 Å². The van der Waals surface area contributed by atoms with Crippen LogP contribution in [0, 0.1) is 12.8 Å². The largest absolute Gasteiger partial charge is 0.339 e. The number of rotatable bonds is 2. The van der Waals surface area contributed by atoms with Crippen molar-refractivity contribution in [2.45, 2.75) is 19.8 Å². The van der Waals surface area contributed by atoms with Crippen LogP contribution < -0.4 is 0 Å². The Kier molecular flexibility index (Phi) is 4.52. The normalized spacial score (nSPS) is 16.9. The van der Waals surface area contributed by atoms with Gasteiger partial charge in [-0.3, -0.25) is 4.79 Å². The van der Waals surface area contributed by atoms with Crippen molar-refractivity contribution >= 4 is 29.1 Å². The summed E-state index contributed by atoms with van der Waals surface area (Å²) in [5.41, 5.74) is 1.70. The summed E-state index contributed by atoms with van der Waals surface area (Å²) >= 11 is 11.8. The lowest BCUT2D eigenvalue weighted by atomic mass is 9.98. The van der Waals surface area contributed by atoms with Crippen LogP contribution >= 0.6 is 23.2 Å². The maximum atomic E-state index is 12.3. The molecule has 0 radical (unpaired) electrons. The predicted octanol–water partition coefficient (Wildman–Crippen LogP) is 3.74. The van der Waals surface area contributed by atoms with Gasteiger partial charge in [-0.05, 0) is 49.4 Å². The third-order valence-electron chi connectivity index (χ3n) is 3.41. The lowest BCUT2D eigenvalue weighted by molar-refractivity contribution is 0.0698. The fourth-order valence-corrected chi connectivity index (χ4v) is 2.93. The molecular weight excluding hydrogens is 269 g/mol. The highest BCUT2D eigenvalue weighted by Crippen LogP contribution is 2.21. The standard InChI is InChI=1S/C14H17Cl2NO/c1-10-6-12(8-13(16)7-10)14(18)17-4-2-11(9-15)3-5-17/h6-8,11H,2-5,9H2,1H3. The third-order valence-corrected chi connectivity index (χ3v) is 4.06. The van der Waals surface area contributed by atoms with Crippen molar-refractivity contribution in [3.05, 3.63) is 34.3 Å². The summed E-state index contributed by atoms with van der Waals surface area (Å²) in [5, 5.41) is 0.619. The Morgan fingerprint density at radius 1 is 1.33 bits per heavy atom. The topological polar surface area (TPSA) is 20.3 Å². The number of halogens is 2.